The lowest BCUT2D eigenvalue weighted by Gasteiger charge is -2.40. The van der Waals surface area contributed by atoms with E-state index in [0.717, 1.165) is 61.5 Å². The molecule has 0 saturated carbocycles. The van der Waals surface area contributed by atoms with E-state index in [0.29, 0.717) is 32.3 Å². The molecule has 0 aromatic carbocycles. The van der Waals surface area contributed by atoms with E-state index in [4.69, 9.17) is 26.2 Å². The van der Waals surface area contributed by atoms with Crippen molar-refractivity contribution in [2.45, 2.75) is 51.1 Å². The summed E-state index contributed by atoms with van der Waals surface area (Å²) in [5, 5.41) is 0. The van der Waals surface area contributed by atoms with Crippen molar-refractivity contribution in [1.82, 2.24) is 24.8 Å². The fourth-order valence-electron chi connectivity index (χ4n) is 5.45. The molecule has 0 radical (unpaired) electrons. The number of aromatic nitrogens is 4. The average molecular weight is 482 g/mol. The molecule has 0 spiro atoms. The molecule has 1 amide bonds. The third-order valence-electron chi connectivity index (χ3n) is 7.46. The zero-order chi connectivity index (χ0) is 24.8. The predicted molar refractivity (Wildman–Crippen MR) is 134 cm³/mol. The normalized spacial score (nSPS) is 22.6. The molecule has 4 N–H and O–H groups in total. The van der Waals surface area contributed by atoms with Crippen LogP contribution in [0.4, 0.5) is 17.7 Å². The first-order chi connectivity index (χ1) is 16.7. The Kier molecular flexibility index (Phi) is 6.00. The van der Waals surface area contributed by atoms with Gasteiger partial charge in [-0.15, -0.1) is 0 Å². The number of nitrogens with two attached hydrogens (primary N) is 2. The summed E-state index contributed by atoms with van der Waals surface area (Å²) in [6, 6.07) is 0. The van der Waals surface area contributed by atoms with E-state index in [1.165, 1.54) is 0 Å². The molecule has 188 valence electrons. The minimum absolute atomic E-state index is 0.0105. The van der Waals surface area contributed by atoms with Gasteiger partial charge < -0.3 is 30.9 Å². The third-order valence-corrected chi connectivity index (χ3v) is 7.46. The Morgan fingerprint density at radius 2 is 1.86 bits per heavy atom. The zero-order valence-electron chi connectivity index (χ0n) is 20.8. The van der Waals surface area contributed by atoms with Crippen molar-refractivity contribution >= 4 is 23.6 Å². The summed E-state index contributed by atoms with van der Waals surface area (Å²) in [7, 11) is 0. The Balaban J connectivity index is 1.56. The lowest BCUT2D eigenvalue weighted by molar-refractivity contribution is -0.134. The van der Waals surface area contributed by atoms with E-state index in [2.05, 4.69) is 26.7 Å². The lowest BCUT2D eigenvalue weighted by atomic mass is 9.93. The van der Waals surface area contributed by atoms with Crippen LogP contribution in [0.15, 0.2) is 12.4 Å². The van der Waals surface area contributed by atoms with Crippen LogP contribution in [0, 0.1) is 0 Å². The van der Waals surface area contributed by atoms with Gasteiger partial charge in [0.05, 0.1) is 30.0 Å². The van der Waals surface area contributed by atoms with Gasteiger partial charge in [0.2, 0.25) is 17.8 Å². The van der Waals surface area contributed by atoms with Gasteiger partial charge in [0.15, 0.2) is 0 Å². The van der Waals surface area contributed by atoms with Crippen LogP contribution in [0.2, 0.25) is 0 Å². The smallest absolute Gasteiger partial charge is 0.242 e. The van der Waals surface area contributed by atoms with Crippen molar-refractivity contribution in [3.05, 3.63) is 18.0 Å². The van der Waals surface area contributed by atoms with E-state index >= 15 is 0 Å². The first-order valence-corrected chi connectivity index (χ1v) is 12.4. The summed E-state index contributed by atoms with van der Waals surface area (Å²) < 4.78 is 5.55. The number of amides is 1. The number of carbonyl (C=O) groups excluding carboxylic acids is 1. The summed E-state index contributed by atoms with van der Waals surface area (Å²) in [6.07, 6.45) is 6.05. The van der Waals surface area contributed by atoms with E-state index in [1.807, 2.05) is 4.90 Å². The topological polar surface area (TPSA) is 140 Å². The second-order valence-electron chi connectivity index (χ2n) is 10.3. The molecule has 5 heterocycles. The van der Waals surface area contributed by atoms with Crippen LogP contribution >= 0.6 is 0 Å². The molecule has 2 aromatic heterocycles. The quantitative estimate of drug-likeness (QED) is 0.631. The zero-order valence-corrected chi connectivity index (χ0v) is 20.8. The number of nitrogen functional groups attached to an aromatic ring is 1. The Labute approximate surface area is 205 Å². The van der Waals surface area contributed by atoms with Gasteiger partial charge in [-0.05, 0) is 33.1 Å². The maximum atomic E-state index is 13.0. The first kappa shape index (κ1) is 23.7. The molecule has 2 saturated heterocycles. The van der Waals surface area contributed by atoms with E-state index < -0.39 is 5.54 Å². The molecule has 0 bridgehead atoms. The summed E-state index contributed by atoms with van der Waals surface area (Å²) in [4.78, 5) is 38.0. The van der Waals surface area contributed by atoms with E-state index in [1.54, 1.807) is 26.2 Å². The van der Waals surface area contributed by atoms with Gasteiger partial charge in [0.1, 0.15) is 5.82 Å². The molecule has 0 unspecified atom stereocenters. The minimum Gasteiger partial charge on any atom is -0.378 e. The molecule has 0 aliphatic carbocycles. The van der Waals surface area contributed by atoms with Crippen LogP contribution in [-0.4, -0.2) is 87.8 Å². The Morgan fingerprint density at radius 3 is 2.51 bits per heavy atom. The van der Waals surface area contributed by atoms with Crippen molar-refractivity contribution < 1.29 is 9.53 Å². The maximum absolute atomic E-state index is 13.0. The Hall–Kier alpha value is -3.05. The van der Waals surface area contributed by atoms with E-state index in [9.17, 15) is 4.79 Å². The summed E-state index contributed by atoms with van der Waals surface area (Å²) in [5.41, 5.74) is 13.6. The van der Waals surface area contributed by atoms with Gasteiger partial charge in [0.25, 0.3) is 0 Å². The second kappa shape index (κ2) is 8.87. The monoisotopic (exact) mass is 481 g/mol. The van der Waals surface area contributed by atoms with Gasteiger partial charge in [-0.3, -0.25) is 4.79 Å². The molecule has 11 heteroatoms. The number of likely N-dealkylation sites (tertiary alicyclic amines) is 1. The molecule has 2 aromatic rings. The van der Waals surface area contributed by atoms with Gasteiger partial charge in [-0.2, -0.15) is 4.98 Å². The number of hydrogen-bond donors (Lipinski definition) is 2. The average Bonchev–Trinajstić information content (AvgIpc) is 3.49. The van der Waals surface area contributed by atoms with Gasteiger partial charge in [-0.25, -0.2) is 15.0 Å². The highest BCUT2D eigenvalue weighted by Crippen LogP contribution is 2.43. The van der Waals surface area contributed by atoms with Crippen molar-refractivity contribution in [3.63, 3.8) is 0 Å². The van der Waals surface area contributed by atoms with Gasteiger partial charge >= 0.3 is 0 Å². The second-order valence-corrected chi connectivity index (χ2v) is 10.3. The van der Waals surface area contributed by atoms with Crippen LogP contribution in [0.3, 0.4) is 0 Å². The number of morpholine rings is 1. The van der Waals surface area contributed by atoms with Crippen molar-refractivity contribution in [1.29, 1.82) is 0 Å². The number of rotatable bonds is 5. The summed E-state index contributed by atoms with van der Waals surface area (Å²) >= 11 is 0. The minimum atomic E-state index is -0.888. The SMILES string of the molecule is CC[C@]1(N2CCc3c(-c4cnc(N)nc4)nc(N4CCOCC4)nc32)CCN(C(=O)C(C)(C)N)C1. The Bertz CT molecular complexity index is 1100. The third kappa shape index (κ3) is 4.27. The van der Waals surface area contributed by atoms with Crippen LogP contribution in [0.1, 0.15) is 39.2 Å². The number of carbonyl (C=O) groups is 1. The van der Waals surface area contributed by atoms with Crippen LogP contribution < -0.4 is 21.3 Å². The predicted octanol–water partition coefficient (Wildman–Crippen LogP) is 0.833. The van der Waals surface area contributed by atoms with Crippen molar-refractivity contribution in [3.8, 4) is 11.3 Å². The highest BCUT2D eigenvalue weighted by Gasteiger charge is 2.48. The molecule has 1 atom stereocenters. The first-order valence-electron chi connectivity index (χ1n) is 12.4. The summed E-state index contributed by atoms with van der Waals surface area (Å²) in [6.45, 7) is 10.7. The van der Waals surface area contributed by atoms with Gasteiger partial charge in [-0.1, -0.05) is 6.92 Å². The van der Waals surface area contributed by atoms with Crippen molar-refractivity contribution in [2.24, 2.45) is 5.73 Å². The van der Waals surface area contributed by atoms with Crippen LogP contribution in [0.5, 0.6) is 0 Å². The largest absolute Gasteiger partial charge is 0.378 e. The van der Waals surface area contributed by atoms with E-state index in [-0.39, 0.29) is 17.4 Å². The fraction of sp³-hybridized carbons (Fsp3) is 0.625. The Morgan fingerprint density at radius 1 is 1.14 bits per heavy atom. The van der Waals surface area contributed by atoms with Crippen LogP contribution in [0.25, 0.3) is 11.3 Å². The number of anilines is 3. The maximum Gasteiger partial charge on any atom is 0.242 e. The molecule has 3 aliphatic heterocycles. The number of ether oxygens (including phenoxy) is 1. The fourth-order valence-corrected chi connectivity index (χ4v) is 5.45. The van der Waals surface area contributed by atoms with Crippen molar-refractivity contribution in [2.75, 3.05) is 61.5 Å². The lowest BCUT2D eigenvalue weighted by Crippen LogP contribution is -2.54. The molecular formula is C24H35N9O2. The molecule has 35 heavy (non-hydrogen) atoms. The highest BCUT2D eigenvalue weighted by molar-refractivity contribution is 5.85. The summed E-state index contributed by atoms with van der Waals surface area (Å²) in [5.74, 6) is 1.85. The number of nitrogens with zero attached hydrogens (tertiary/aromatic N) is 7. The van der Waals surface area contributed by atoms with Crippen LogP contribution in [-0.2, 0) is 16.0 Å². The number of fused-ring (bicyclic) bond motifs is 1. The molecular weight excluding hydrogens is 446 g/mol. The molecule has 2 fully saturated rings. The molecule has 3 aliphatic rings. The molecule has 5 rings (SSSR count). The number of hydrogen-bond acceptors (Lipinski definition) is 10. The highest BCUT2D eigenvalue weighted by atomic mass is 16.5. The van der Waals surface area contributed by atoms with Gasteiger partial charge in [0, 0.05) is 56.2 Å². The molecule has 11 nitrogen and oxygen atoms in total. The standard InChI is InChI=1S/C24H35N9O2/c1-4-24(6-8-32(15-24)20(34)23(2,3)26)33-7-5-17-18(16-13-27-21(25)28-14-16)29-22(30-19(17)33)31-9-11-35-12-10-31/h13-14H,4-12,15,26H2,1-3H3,(H2,25,27,28)/t24-/m0/s1.